The van der Waals surface area contributed by atoms with Crippen molar-refractivity contribution in [2.24, 2.45) is 0 Å². The Balaban J connectivity index is 2.42. The molecule has 0 saturated heterocycles. The SMILES string of the molecule is C=CCCCCCNc1ccccc1OC(F)(F)F. The molecule has 0 fully saturated rings. The van der Waals surface area contributed by atoms with Gasteiger partial charge in [0.15, 0.2) is 5.75 Å². The van der Waals surface area contributed by atoms with Crippen molar-refractivity contribution in [1.29, 1.82) is 0 Å². The predicted molar refractivity (Wildman–Crippen MR) is 70.3 cm³/mol. The Morgan fingerprint density at radius 2 is 1.89 bits per heavy atom. The molecule has 0 radical (unpaired) electrons. The fourth-order valence-corrected chi connectivity index (χ4v) is 1.64. The van der Waals surface area contributed by atoms with Crippen molar-refractivity contribution >= 4 is 5.69 Å². The van der Waals surface area contributed by atoms with Gasteiger partial charge < -0.3 is 10.1 Å². The fourth-order valence-electron chi connectivity index (χ4n) is 1.64. The molecule has 1 aromatic rings. The molecule has 0 atom stereocenters. The minimum atomic E-state index is -4.66. The van der Waals surface area contributed by atoms with Gasteiger partial charge in [-0.1, -0.05) is 24.6 Å². The van der Waals surface area contributed by atoms with Crippen LogP contribution in [0.3, 0.4) is 0 Å². The largest absolute Gasteiger partial charge is 0.573 e. The van der Waals surface area contributed by atoms with Crippen LogP contribution < -0.4 is 10.1 Å². The van der Waals surface area contributed by atoms with Crippen molar-refractivity contribution in [2.75, 3.05) is 11.9 Å². The fraction of sp³-hybridized carbons (Fsp3) is 0.429. The number of hydrogen-bond acceptors (Lipinski definition) is 2. The summed E-state index contributed by atoms with van der Waals surface area (Å²) in [4.78, 5) is 0. The maximum absolute atomic E-state index is 12.2. The van der Waals surface area contributed by atoms with E-state index in [2.05, 4.69) is 16.6 Å². The second-order valence-corrected chi connectivity index (χ2v) is 4.11. The molecule has 0 bridgehead atoms. The summed E-state index contributed by atoms with van der Waals surface area (Å²) in [6, 6.07) is 6.05. The third-order valence-corrected chi connectivity index (χ3v) is 2.51. The molecular formula is C14H18F3NO. The molecule has 0 aliphatic heterocycles. The van der Waals surface area contributed by atoms with E-state index in [4.69, 9.17) is 0 Å². The molecule has 0 heterocycles. The van der Waals surface area contributed by atoms with Crippen LogP contribution in [0.5, 0.6) is 5.75 Å². The molecule has 0 aliphatic carbocycles. The molecule has 0 aromatic heterocycles. The Kier molecular flexibility index (Phi) is 6.25. The van der Waals surface area contributed by atoms with Crippen LogP contribution in [-0.4, -0.2) is 12.9 Å². The average Bonchev–Trinajstić information content (AvgIpc) is 2.33. The summed E-state index contributed by atoms with van der Waals surface area (Å²) < 4.78 is 40.5. The molecule has 1 aromatic carbocycles. The smallest absolute Gasteiger partial charge is 0.404 e. The van der Waals surface area contributed by atoms with E-state index in [9.17, 15) is 13.2 Å². The van der Waals surface area contributed by atoms with Gasteiger partial charge in [0.25, 0.3) is 0 Å². The zero-order valence-electron chi connectivity index (χ0n) is 10.7. The van der Waals surface area contributed by atoms with Crippen LogP contribution in [0.15, 0.2) is 36.9 Å². The molecule has 5 heteroatoms. The molecule has 0 amide bonds. The lowest BCUT2D eigenvalue weighted by molar-refractivity contribution is -0.274. The van der Waals surface area contributed by atoms with Crippen molar-refractivity contribution in [2.45, 2.75) is 32.0 Å². The lowest BCUT2D eigenvalue weighted by atomic mass is 10.2. The van der Waals surface area contributed by atoms with Crippen molar-refractivity contribution in [1.82, 2.24) is 0 Å². The first kappa shape index (κ1) is 15.4. The number of ether oxygens (including phenoxy) is 1. The Morgan fingerprint density at radius 1 is 1.16 bits per heavy atom. The van der Waals surface area contributed by atoms with E-state index in [-0.39, 0.29) is 5.75 Å². The van der Waals surface area contributed by atoms with Gasteiger partial charge in [-0.05, 0) is 31.4 Å². The van der Waals surface area contributed by atoms with Crippen LogP contribution in [-0.2, 0) is 0 Å². The van der Waals surface area contributed by atoms with Gasteiger partial charge in [0, 0.05) is 6.54 Å². The van der Waals surface area contributed by atoms with Crippen LogP contribution in [0.1, 0.15) is 25.7 Å². The Bertz CT molecular complexity index is 391. The molecule has 0 saturated carbocycles. The lowest BCUT2D eigenvalue weighted by Crippen LogP contribution is -2.18. The van der Waals surface area contributed by atoms with Gasteiger partial charge in [-0.2, -0.15) is 0 Å². The van der Waals surface area contributed by atoms with Crippen molar-refractivity contribution < 1.29 is 17.9 Å². The summed E-state index contributed by atoms with van der Waals surface area (Å²) >= 11 is 0. The highest BCUT2D eigenvalue weighted by Crippen LogP contribution is 2.29. The van der Waals surface area contributed by atoms with Crippen molar-refractivity contribution in [3.63, 3.8) is 0 Å². The molecule has 106 valence electrons. The number of benzene rings is 1. The van der Waals surface area contributed by atoms with E-state index >= 15 is 0 Å². The summed E-state index contributed by atoms with van der Waals surface area (Å²) in [7, 11) is 0. The second kappa shape index (κ2) is 7.71. The number of halogens is 3. The number of unbranched alkanes of at least 4 members (excludes halogenated alkanes) is 3. The second-order valence-electron chi connectivity index (χ2n) is 4.11. The summed E-state index contributed by atoms with van der Waals surface area (Å²) in [6.45, 7) is 4.25. The molecule has 1 N–H and O–H groups in total. The maximum Gasteiger partial charge on any atom is 0.573 e. The average molecular weight is 273 g/mol. The summed E-state index contributed by atoms with van der Waals surface area (Å²) in [6.07, 6.45) is 1.12. The number of allylic oxidation sites excluding steroid dienone is 1. The van der Waals surface area contributed by atoms with Gasteiger partial charge in [-0.3, -0.25) is 0 Å². The van der Waals surface area contributed by atoms with Gasteiger partial charge in [-0.25, -0.2) is 0 Å². The maximum atomic E-state index is 12.2. The van der Waals surface area contributed by atoms with Gasteiger partial charge in [0.2, 0.25) is 0 Å². The van der Waals surface area contributed by atoms with E-state index in [1.165, 1.54) is 12.1 Å². The van der Waals surface area contributed by atoms with Gasteiger partial charge in [0.1, 0.15) is 0 Å². The molecule has 1 rings (SSSR count). The van der Waals surface area contributed by atoms with Gasteiger partial charge in [-0.15, -0.1) is 19.8 Å². The number of anilines is 1. The predicted octanol–water partition coefficient (Wildman–Crippen LogP) is 4.74. The molecule has 0 spiro atoms. The minimum Gasteiger partial charge on any atom is -0.404 e. The molecule has 19 heavy (non-hydrogen) atoms. The number of rotatable bonds is 8. The number of hydrogen-bond donors (Lipinski definition) is 1. The Morgan fingerprint density at radius 3 is 2.58 bits per heavy atom. The number of para-hydroxylation sites is 2. The van der Waals surface area contributed by atoms with Crippen LogP contribution in [0.4, 0.5) is 18.9 Å². The molecule has 0 aliphatic rings. The zero-order valence-corrected chi connectivity index (χ0v) is 10.7. The van der Waals surface area contributed by atoms with Crippen LogP contribution in [0.25, 0.3) is 0 Å². The Hall–Kier alpha value is -1.65. The zero-order chi connectivity index (χ0) is 14.1. The summed E-state index contributed by atoms with van der Waals surface area (Å²) in [5.41, 5.74) is 0.364. The molecule has 0 unspecified atom stereocenters. The normalized spacial score (nSPS) is 11.1. The van der Waals surface area contributed by atoms with Gasteiger partial charge >= 0.3 is 6.36 Å². The standard InChI is InChI=1S/C14H18F3NO/c1-2-3-4-5-8-11-18-12-9-6-7-10-13(12)19-14(15,16)17/h2,6-7,9-10,18H,1,3-5,8,11H2. The molecular weight excluding hydrogens is 255 g/mol. The van der Waals surface area contributed by atoms with Gasteiger partial charge in [0.05, 0.1) is 5.69 Å². The summed E-state index contributed by atoms with van der Waals surface area (Å²) in [5, 5.41) is 2.96. The van der Waals surface area contributed by atoms with Crippen LogP contribution >= 0.6 is 0 Å². The third-order valence-electron chi connectivity index (χ3n) is 2.51. The summed E-state index contributed by atoms with van der Waals surface area (Å²) in [5.74, 6) is -0.193. The Labute approximate surface area is 111 Å². The monoisotopic (exact) mass is 273 g/mol. The number of nitrogens with one attached hydrogen (secondary N) is 1. The number of alkyl halides is 3. The highest BCUT2D eigenvalue weighted by Gasteiger charge is 2.31. The van der Waals surface area contributed by atoms with Crippen LogP contribution in [0, 0.1) is 0 Å². The van der Waals surface area contributed by atoms with E-state index in [1.807, 2.05) is 6.08 Å². The molecule has 2 nitrogen and oxygen atoms in total. The first-order chi connectivity index (χ1) is 9.03. The quantitative estimate of drug-likeness (QED) is 0.545. The van der Waals surface area contributed by atoms with E-state index < -0.39 is 6.36 Å². The van der Waals surface area contributed by atoms with Crippen LogP contribution in [0.2, 0.25) is 0 Å². The minimum absolute atomic E-state index is 0.193. The van der Waals surface area contributed by atoms with Crippen molar-refractivity contribution in [3.8, 4) is 5.75 Å². The van der Waals surface area contributed by atoms with Crippen molar-refractivity contribution in [3.05, 3.63) is 36.9 Å². The topological polar surface area (TPSA) is 21.3 Å². The van der Waals surface area contributed by atoms with E-state index in [0.29, 0.717) is 12.2 Å². The highest BCUT2D eigenvalue weighted by atomic mass is 19.4. The lowest BCUT2D eigenvalue weighted by Gasteiger charge is -2.14. The first-order valence-electron chi connectivity index (χ1n) is 6.22. The van der Waals surface area contributed by atoms with E-state index in [1.54, 1.807) is 12.1 Å². The van der Waals surface area contributed by atoms with E-state index in [0.717, 1.165) is 25.7 Å². The first-order valence-corrected chi connectivity index (χ1v) is 6.22. The third kappa shape index (κ3) is 6.74. The highest BCUT2D eigenvalue weighted by molar-refractivity contribution is 5.56.